The van der Waals surface area contributed by atoms with Crippen LogP contribution in [-0.2, 0) is 22.4 Å². The van der Waals surface area contributed by atoms with Crippen molar-refractivity contribution in [3.63, 3.8) is 0 Å². The molecule has 18 heavy (non-hydrogen) atoms. The van der Waals surface area contributed by atoms with E-state index in [-0.39, 0.29) is 30.8 Å². The lowest BCUT2D eigenvalue weighted by Gasteiger charge is -2.08. The Hall–Kier alpha value is -1.65. The smallest absolute Gasteiger partial charge is 0.306 e. The van der Waals surface area contributed by atoms with Crippen LogP contribution in [0.4, 0.5) is 8.78 Å². The Morgan fingerprint density at radius 1 is 1.44 bits per heavy atom. The lowest BCUT2D eigenvalue weighted by molar-refractivity contribution is -0.143. The minimum absolute atomic E-state index is 0.00684. The second-order valence-corrected chi connectivity index (χ2v) is 4.06. The number of fused-ring (bicyclic) bond motifs is 1. The molecule has 1 heterocycles. The van der Waals surface area contributed by atoms with Gasteiger partial charge in [-0.25, -0.2) is 4.39 Å². The van der Waals surface area contributed by atoms with Gasteiger partial charge in [0.15, 0.2) is 11.6 Å². The Bertz CT molecular complexity index is 472. The summed E-state index contributed by atoms with van der Waals surface area (Å²) in [6.45, 7) is 2.35. The summed E-state index contributed by atoms with van der Waals surface area (Å²) in [5.74, 6) is -2.29. The van der Waals surface area contributed by atoms with Gasteiger partial charge in [-0.05, 0) is 25.0 Å². The van der Waals surface area contributed by atoms with Gasteiger partial charge < -0.3 is 9.47 Å². The maximum atomic E-state index is 13.7. The highest BCUT2D eigenvalue weighted by Gasteiger charge is 2.23. The summed E-state index contributed by atoms with van der Waals surface area (Å²) in [6.07, 6.45) is 0.748. The van der Waals surface area contributed by atoms with Crippen LogP contribution in [0.1, 0.15) is 24.5 Å². The van der Waals surface area contributed by atoms with Crippen molar-refractivity contribution in [1.82, 2.24) is 0 Å². The Morgan fingerprint density at radius 2 is 2.22 bits per heavy atom. The topological polar surface area (TPSA) is 35.5 Å². The molecular formula is C13H14F2O3. The summed E-state index contributed by atoms with van der Waals surface area (Å²) < 4.78 is 37.1. The second-order valence-electron chi connectivity index (χ2n) is 4.06. The van der Waals surface area contributed by atoms with Gasteiger partial charge in [0.2, 0.25) is 5.82 Å². The number of halogens is 2. The molecule has 98 valence electrons. The average molecular weight is 256 g/mol. The number of rotatable bonds is 4. The molecule has 5 heteroatoms. The fraction of sp³-hybridized carbons (Fsp3) is 0.462. The highest BCUT2D eigenvalue weighted by Crippen LogP contribution is 2.32. The van der Waals surface area contributed by atoms with Crippen molar-refractivity contribution in [2.24, 2.45) is 0 Å². The monoisotopic (exact) mass is 256 g/mol. The second kappa shape index (κ2) is 5.33. The zero-order valence-corrected chi connectivity index (χ0v) is 10.1. The number of carbonyl (C=O) groups excluding carboxylic acids is 1. The predicted molar refractivity (Wildman–Crippen MR) is 60.5 cm³/mol. The first-order valence-electron chi connectivity index (χ1n) is 5.91. The zero-order valence-electron chi connectivity index (χ0n) is 10.1. The third kappa shape index (κ3) is 2.44. The first kappa shape index (κ1) is 12.8. The molecule has 1 aliphatic rings. The maximum Gasteiger partial charge on any atom is 0.306 e. The minimum Gasteiger partial charge on any atom is -0.490 e. The van der Waals surface area contributed by atoms with Crippen LogP contribution < -0.4 is 4.74 Å². The largest absolute Gasteiger partial charge is 0.490 e. The summed E-state index contributed by atoms with van der Waals surface area (Å²) in [5.41, 5.74) is 0.859. The van der Waals surface area contributed by atoms with Gasteiger partial charge in [0.1, 0.15) is 0 Å². The van der Waals surface area contributed by atoms with Crippen molar-refractivity contribution < 1.29 is 23.0 Å². The Kier molecular flexibility index (Phi) is 3.79. The summed E-state index contributed by atoms with van der Waals surface area (Å²) in [6, 6.07) is 1.57. The van der Waals surface area contributed by atoms with Gasteiger partial charge in [-0.3, -0.25) is 4.79 Å². The molecule has 0 saturated carbocycles. The molecule has 0 bridgehead atoms. The van der Waals surface area contributed by atoms with Crippen LogP contribution in [0, 0.1) is 11.6 Å². The van der Waals surface area contributed by atoms with E-state index in [0.717, 1.165) is 0 Å². The van der Waals surface area contributed by atoms with Gasteiger partial charge in [0.25, 0.3) is 0 Å². The quantitative estimate of drug-likeness (QED) is 0.776. The first-order chi connectivity index (χ1) is 8.63. The first-order valence-corrected chi connectivity index (χ1v) is 5.91. The van der Waals surface area contributed by atoms with Crippen LogP contribution in [-0.4, -0.2) is 19.2 Å². The molecule has 0 unspecified atom stereocenters. The fourth-order valence-corrected chi connectivity index (χ4v) is 1.98. The van der Waals surface area contributed by atoms with E-state index in [0.29, 0.717) is 18.6 Å². The SMILES string of the molecule is CCOC(=O)CCc1cc2c(c(F)c1F)OCC2. The summed E-state index contributed by atoms with van der Waals surface area (Å²) >= 11 is 0. The molecular weight excluding hydrogens is 242 g/mol. The van der Waals surface area contributed by atoms with Crippen molar-refractivity contribution in [2.75, 3.05) is 13.2 Å². The van der Waals surface area contributed by atoms with Crippen LogP contribution in [0.3, 0.4) is 0 Å². The highest BCUT2D eigenvalue weighted by atomic mass is 19.2. The van der Waals surface area contributed by atoms with E-state index >= 15 is 0 Å². The molecule has 0 N–H and O–H groups in total. The van der Waals surface area contributed by atoms with Crippen molar-refractivity contribution in [3.05, 3.63) is 28.8 Å². The van der Waals surface area contributed by atoms with Gasteiger partial charge >= 0.3 is 5.97 Å². The molecule has 0 fully saturated rings. The number of esters is 1. The molecule has 0 radical (unpaired) electrons. The van der Waals surface area contributed by atoms with Crippen molar-refractivity contribution in [3.8, 4) is 5.75 Å². The molecule has 0 saturated heterocycles. The molecule has 1 aromatic rings. The molecule has 3 nitrogen and oxygen atoms in total. The van der Waals surface area contributed by atoms with Crippen LogP contribution in [0.5, 0.6) is 5.75 Å². The molecule has 1 aliphatic heterocycles. The zero-order chi connectivity index (χ0) is 13.1. The lowest BCUT2D eigenvalue weighted by Crippen LogP contribution is -2.07. The van der Waals surface area contributed by atoms with Crippen molar-refractivity contribution >= 4 is 5.97 Å². The van der Waals surface area contributed by atoms with Crippen LogP contribution in [0.2, 0.25) is 0 Å². The number of carbonyl (C=O) groups is 1. The lowest BCUT2D eigenvalue weighted by atomic mass is 10.0. The van der Waals surface area contributed by atoms with E-state index in [1.807, 2.05) is 0 Å². The third-order valence-electron chi connectivity index (χ3n) is 2.84. The van der Waals surface area contributed by atoms with Crippen LogP contribution in [0.15, 0.2) is 6.07 Å². The molecule has 0 aromatic heterocycles. The minimum atomic E-state index is -0.955. The predicted octanol–water partition coefficient (Wildman–Crippen LogP) is 2.40. The number of aryl methyl sites for hydroxylation is 1. The van der Waals surface area contributed by atoms with Crippen molar-refractivity contribution in [2.45, 2.75) is 26.2 Å². The maximum absolute atomic E-state index is 13.7. The normalized spacial score (nSPS) is 13.1. The number of hydrogen-bond acceptors (Lipinski definition) is 3. The Labute approximate surface area is 104 Å². The molecule has 1 aromatic carbocycles. The number of hydrogen-bond donors (Lipinski definition) is 0. The van der Waals surface area contributed by atoms with E-state index in [4.69, 9.17) is 9.47 Å². The highest BCUT2D eigenvalue weighted by molar-refractivity contribution is 5.69. The standard InChI is InChI=1S/C13H14F2O3/c1-2-17-10(16)4-3-8-7-9-5-6-18-13(9)12(15)11(8)14/h7H,2-6H2,1H3. The van der Waals surface area contributed by atoms with Gasteiger partial charge in [0.05, 0.1) is 13.2 Å². The molecule has 0 amide bonds. The van der Waals surface area contributed by atoms with Gasteiger partial charge in [-0.1, -0.05) is 0 Å². The van der Waals surface area contributed by atoms with E-state index in [2.05, 4.69) is 0 Å². The summed E-state index contributed by atoms with van der Waals surface area (Å²) in [4.78, 5) is 11.2. The average Bonchev–Trinajstić information content (AvgIpc) is 2.80. The molecule has 0 spiro atoms. The summed E-state index contributed by atoms with van der Waals surface area (Å²) in [5, 5.41) is 0. The third-order valence-corrected chi connectivity index (χ3v) is 2.84. The van der Waals surface area contributed by atoms with Gasteiger partial charge in [0, 0.05) is 18.4 Å². The van der Waals surface area contributed by atoms with E-state index in [1.54, 1.807) is 13.0 Å². The van der Waals surface area contributed by atoms with Gasteiger partial charge in [-0.2, -0.15) is 4.39 Å². The molecule has 0 aliphatic carbocycles. The van der Waals surface area contributed by atoms with Gasteiger partial charge in [-0.15, -0.1) is 0 Å². The number of ether oxygens (including phenoxy) is 2. The number of benzene rings is 1. The van der Waals surface area contributed by atoms with Crippen LogP contribution in [0.25, 0.3) is 0 Å². The van der Waals surface area contributed by atoms with E-state index in [1.165, 1.54) is 0 Å². The van der Waals surface area contributed by atoms with E-state index in [9.17, 15) is 13.6 Å². The summed E-state index contributed by atoms with van der Waals surface area (Å²) in [7, 11) is 0. The molecule has 0 atom stereocenters. The fourth-order valence-electron chi connectivity index (χ4n) is 1.98. The Balaban J connectivity index is 2.14. The Morgan fingerprint density at radius 3 is 2.94 bits per heavy atom. The van der Waals surface area contributed by atoms with E-state index < -0.39 is 17.6 Å². The van der Waals surface area contributed by atoms with Crippen LogP contribution >= 0.6 is 0 Å². The molecule has 2 rings (SSSR count). The van der Waals surface area contributed by atoms with Crippen molar-refractivity contribution in [1.29, 1.82) is 0 Å².